The molecule has 1 aliphatic heterocycles. The maximum absolute atomic E-state index is 12.5. The van der Waals surface area contributed by atoms with Crippen molar-refractivity contribution in [3.8, 4) is 0 Å². The Morgan fingerprint density at radius 2 is 1.69 bits per heavy atom. The van der Waals surface area contributed by atoms with Crippen LogP contribution in [0.2, 0.25) is 0 Å². The van der Waals surface area contributed by atoms with Gasteiger partial charge in [0, 0.05) is 12.0 Å². The molecule has 1 aliphatic rings. The average Bonchev–Trinajstić information content (AvgIpc) is 2.86. The normalized spacial score (nSPS) is 15.2. The van der Waals surface area contributed by atoms with Crippen LogP contribution in [0.3, 0.4) is 0 Å². The van der Waals surface area contributed by atoms with Gasteiger partial charge in [-0.3, -0.25) is 19.3 Å². The average molecular weight is 359 g/mol. The number of benzene rings is 1. The van der Waals surface area contributed by atoms with Gasteiger partial charge in [0.2, 0.25) is 0 Å². The number of imide groups is 1. The second-order valence-corrected chi connectivity index (χ2v) is 7.76. The zero-order valence-electron chi connectivity index (χ0n) is 16.2. The molecule has 0 aliphatic carbocycles. The first-order chi connectivity index (χ1) is 12.3. The van der Waals surface area contributed by atoms with Gasteiger partial charge in [-0.1, -0.05) is 52.7 Å². The van der Waals surface area contributed by atoms with E-state index in [-0.39, 0.29) is 36.9 Å². The molecular formula is C21H29NO4. The standard InChI is InChI=1S/C21H29NO4/c1-5-7-10-15(6-2)20(25)26-14-21(3,4)13-22-18(23)16-11-8-9-12-17(16)19(22)24/h8-9,11-12,15H,5-7,10,13-14H2,1-4H3. The molecule has 0 N–H and O–H groups in total. The highest BCUT2D eigenvalue weighted by Gasteiger charge is 2.38. The molecule has 1 atom stereocenters. The molecule has 1 unspecified atom stereocenters. The van der Waals surface area contributed by atoms with Crippen LogP contribution in [-0.2, 0) is 9.53 Å². The summed E-state index contributed by atoms with van der Waals surface area (Å²) in [5, 5.41) is 0. The van der Waals surface area contributed by atoms with Gasteiger partial charge in [0.1, 0.15) is 0 Å². The molecule has 2 rings (SSSR count). The van der Waals surface area contributed by atoms with Crippen LogP contribution >= 0.6 is 0 Å². The maximum Gasteiger partial charge on any atom is 0.308 e. The van der Waals surface area contributed by atoms with E-state index in [1.807, 2.05) is 20.8 Å². The van der Waals surface area contributed by atoms with Gasteiger partial charge in [-0.15, -0.1) is 0 Å². The van der Waals surface area contributed by atoms with E-state index in [0.29, 0.717) is 11.1 Å². The van der Waals surface area contributed by atoms with Crippen molar-refractivity contribution in [3.63, 3.8) is 0 Å². The number of ether oxygens (including phenoxy) is 1. The van der Waals surface area contributed by atoms with E-state index in [1.54, 1.807) is 24.3 Å². The Morgan fingerprint density at radius 1 is 1.12 bits per heavy atom. The molecule has 5 heteroatoms. The van der Waals surface area contributed by atoms with Gasteiger partial charge in [-0.05, 0) is 25.0 Å². The van der Waals surface area contributed by atoms with Crippen LogP contribution in [0.5, 0.6) is 0 Å². The minimum absolute atomic E-state index is 0.0787. The molecular weight excluding hydrogens is 330 g/mol. The van der Waals surface area contributed by atoms with Gasteiger partial charge < -0.3 is 4.74 Å². The smallest absolute Gasteiger partial charge is 0.308 e. The van der Waals surface area contributed by atoms with Gasteiger partial charge in [0.05, 0.1) is 23.7 Å². The molecule has 0 saturated carbocycles. The summed E-state index contributed by atoms with van der Waals surface area (Å²) in [6.45, 7) is 8.29. The predicted octanol–water partition coefficient (Wildman–Crippen LogP) is 4.07. The molecule has 5 nitrogen and oxygen atoms in total. The Hall–Kier alpha value is -2.17. The fourth-order valence-corrected chi connectivity index (χ4v) is 3.18. The monoisotopic (exact) mass is 359 g/mol. The molecule has 1 heterocycles. The van der Waals surface area contributed by atoms with Crippen molar-refractivity contribution in [3.05, 3.63) is 35.4 Å². The molecule has 1 aromatic rings. The van der Waals surface area contributed by atoms with Crippen molar-refractivity contribution < 1.29 is 19.1 Å². The van der Waals surface area contributed by atoms with E-state index in [2.05, 4.69) is 6.92 Å². The summed E-state index contributed by atoms with van der Waals surface area (Å²) in [7, 11) is 0. The van der Waals surface area contributed by atoms with Gasteiger partial charge in [0.15, 0.2) is 0 Å². The fraction of sp³-hybridized carbons (Fsp3) is 0.571. The van der Waals surface area contributed by atoms with Gasteiger partial charge in [-0.2, -0.15) is 0 Å². The third-order valence-corrected chi connectivity index (χ3v) is 4.80. The minimum Gasteiger partial charge on any atom is -0.465 e. The van der Waals surface area contributed by atoms with Crippen molar-refractivity contribution in [2.24, 2.45) is 11.3 Å². The number of unbranched alkanes of at least 4 members (excludes halogenated alkanes) is 1. The van der Waals surface area contributed by atoms with Crippen molar-refractivity contribution in [1.82, 2.24) is 4.90 Å². The Bertz CT molecular complexity index is 645. The first-order valence-electron chi connectivity index (χ1n) is 9.42. The first-order valence-corrected chi connectivity index (χ1v) is 9.42. The summed E-state index contributed by atoms with van der Waals surface area (Å²) in [5.41, 5.74) is 0.373. The number of amides is 2. The molecule has 0 spiro atoms. The van der Waals surface area contributed by atoms with Crippen LogP contribution in [0.25, 0.3) is 0 Å². The van der Waals surface area contributed by atoms with Crippen LogP contribution in [0.1, 0.15) is 74.1 Å². The topological polar surface area (TPSA) is 63.7 Å². The summed E-state index contributed by atoms with van der Waals surface area (Å²) in [6, 6.07) is 6.84. The van der Waals surface area contributed by atoms with E-state index in [1.165, 1.54) is 4.90 Å². The SMILES string of the molecule is CCCCC(CC)C(=O)OCC(C)(C)CN1C(=O)c2ccccc2C1=O. The number of nitrogens with zero attached hydrogens (tertiary/aromatic N) is 1. The summed E-state index contributed by atoms with van der Waals surface area (Å²) >= 11 is 0. The zero-order chi connectivity index (χ0) is 19.3. The molecule has 1 aromatic carbocycles. The largest absolute Gasteiger partial charge is 0.465 e. The molecule has 0 aromatic heterocycles. The van der Waals surface area contributed by atoms with Gasteiger partial charge >= 0.3 is 5.97 Å². The van der Waals surface area contributed by atoms with Crippen LogP contribution in [0, 0.1) is 11.3 Å². The van der Waals surface area contributed by atoms with E-state index in [4.69, 9.17) is 4.74 Å². The lowest BCUT2D eigenvalue weighted by Gasteiger charge is -2.29. The molecule has 0 saturated heterocycles. The third kappa shape index (κ3) is 4.51. The number of esters is 1. The van der Waals surface area contributed by atoms with Gasteiger partial charge in [0.25, 0.3) is 11.8 Å². The van der Waals surface area contributed by atoms with Crippen LogP contribution in [-0.4, -0.2) is 35.8 Å². The molecule has 0 bridgehead atoms. The number of carbonyl (C=O) groups is 3. The first kappa shape index (κ1) is 20.1. The van der Waals surface area contributed by atoms with Crippen LogP contribution in [0.4, 0.5) is 0 Å². The zero-order valence-corrected chi connectivity index (χ0v) is 16.2. The lowest BCUT2D eigenvalue weighted by Crippen LogP contribution is -2.41. The van der Waals surface area contributed by atoms with E-state index < -0.39 is 5.41 Å². The van der Waals surface area contributed by atoms with E-state index >= 15 is 0 Å². The molecule has 142 valence electrons. The Morgan fingerprint density at radius 3 is 2.19 bits per heavy atom. The van der Waals surface area contributed by atoms with Crippen LogP contribution in [0.15, 0.2) is 24.3 Å². The van der Waals surface area contributed by atoms with E-state index in [0.717, 1.165) is 25.7 Å². The van der Waals surface area contributed by atoms with Crippen LogP contribution < -0.4 is 0 Å². The Balaban J connectivity index is 1.96. The van der Waals surface area contributed by atoms with Gasteiger partial charge in [-0.25, -0.2) is 0 Å². The number of rotatable bonds is 9. The number of carbonyl (C=O) groups excluding carboxylic acids is 3. The van der Waals surface area contributed by atoms with E-state index in [9.17, 15) is 14.4 Å². The second kappa shape index (κ2) is 8.47. The molecule has 2 amide bonds. The highest BCUT2D eigenvalue weighted by molar-refractivity contribution is 6.21. The number of fused-ring (bicyclic) bond motifs is 1. The Labute approximate surface area is 155 Å². The van der Waals surface area contributed by atoms with Crippen molar-refractivity contribution in [2.45, 2.75) is 53.4 Å². The summed E-state index contributed by atoms with van der Waals surface area (Å²) in [4.78, 5) is 38.5. The molecule has 0 radical (unpaired) electrons. The van der Waals surface area contributed by atoms with Crippen molar-refractivity contribution >= 4 is 17.8 Å². The fourth-order valence-electron chi connectivity index (χ4n) is 3.18. The summed E-state index contributed by atoms with van der Waals surface area (Å²) < 4.78 is 5.53. The number of hydrogen-bond acceptors (Lipinski definition) is 4. The number of hydrogen-bond donors (Lipinski definition) is 0. The lowest BCUT2D eigenvalue weighted by molar-refractivity contribution is -0.152. The van der Waals surface area contributed by atoms with Crippen molar-refractivity contribution in [2.75, 3.05) is 13.2 Å². The van der Waals surface area contributed by atoms with Crippen molar-refractivity contribution in [1.29, 1.82) is 0 Å². The summed E-state index contributed by atoms with van der Waals surface area (Å²) in [6.07, 6.45) is 3.66. The summed E-state index contributed by atoms with van der Waals surface area (Å²) in [5.74, 6) is -0.819. The quantitative estimate of drug-likeness (QED) is 0.492. The highest BCUT2D eigenvalue weighted by Crippen LogP contribution is 2.27. The predicted molar refractivity (Wildman–Crippen MR) is 99.9 cm³/mol. The third-order valence-electron chi connectivity index (χ3n) is 4.80. The highest BCUT2D eigenvalue weighted by atomic mass is 16.5. The molecule has 0 fully saturated rings. The maximum atomic E-state index is 12.5. The lowest BCUT2D eigenvalue weighted by atomic mass is 9.93. The second-order valence-electron chi connectivity index (χ2n) is 7.76. The Kier molecular flexibility index (Phi) is 6.57. The minimum atomic E-state index is -0.508. The molecule has 26 heavy (non-hydrogen) atoms.